The molecule has 0 spiro atoms. The third kappa shape index (κ3) is 3.57. The van der Waals surface area contributed by atoms with E-state index in [-0.39, 0.29) is 0 Å². The quantitative estimate of drug-likeness (QED) is 0.894. The summed E-state index contributed by atoms with van der Waals surface area (Å²) in [6.45, 7) is 4.11. The van der Waals surface area contributed by atoms with Crippen LogP contribution in [0, 0.1) is 5.92 Å². The van der Waals surface area contributed by atoms with Crippen molar-refractivity contribution in [1.29, 1.82) is 0 Å². The maximum Gasteiger partial charge on any atom is 0.0728 e. The van der Waals surface area contributed by atoms with E-state index in [4.69, 9.17) is 16.7 Å². The summed E-state index contributed by atoms with van der Waals surface area (Å²) in [6.07, 6.45) is 7.41. The minimum Gasteiger partial charge on any atom is -0.396 e. The largest absolute Gasteiger partial charge is 0.396 e. The van der Waals surface area contributed by atoms with E-state index >= 15 is 0 Å². The third-order valence-corrected chi connectivity index (χ3v) is 4.89. The van der Waals surface area contributed by atoms with E-state index < -0.39 is 0 Å². The van der Waals surface area contributed by atoms with Gasteiger partial charge in [0.05, 0.1) is 17.4 Å². The van der Waals surface area contributed by atoms with Crippen LogP contribution in [-0.2, 0) is 0 Å². The Morgan fingerprint density at radius 1 is 1.27 bits per heavy atom. The van der Waals surface area contributed by atoms with E-state index in [2.05, 4.69) is 45.6 Å². The van der Waals surface area contributed by atoms with Crippen molar-refractivity contribution in [1.82, 2.24) is 5.32 Å². The van der Waals surface area contributed by atoms with E-state index in [1.54, 1.807) is 0 Å². The molecule has 0 aliphatic carbocycles. The number of rotatable bonds is 4. The molecular weight excluding hydrogens is 298 g/mol. The van der Waals surface area contributed by atoms with Crippen molar-refractivity contribution in [2.24, 2.45) is 5.92 Å². The molecule has 0 bridgehead atoms. The summed E-state index contributed by atoms with van der Waals surface area (Å²) in [5.41, 5.74) is 2.24. The molecule has 5 heteroatoms. The molecule has 0 atom stereocenters. The highest BCUT2D eigenvalue weighted by Gasteiger charge is 2.20. The number of piperidine rings is 1. The van der Waals surface area contributed by atoms with Crippen LogP contribution in [0.4, 0.5) is 11.4 Å². The average molecular weight is 322 g/mol. The van der Waals surface area contributed by atoms with Crippen LogP contribution in [0.2, 0.25) is 5.02 Å². The molecule has 2 aliphatic rings. The van der Waals surface area contributed by atoms with Crippen LogP contribution >= 0.6 is 11.6 Å². The Hall–Kier alpha value is -1.23. The zero-order valence-electron chi connectivity index (χ0n) is 12.8. The van der Waals surface area contributed by atoms with Crippen molar-refractivity contribution in [2.45, 2.75) is 19.3 Å². The normalized spacial score (nSPS) is 19.7. The Morgan fingerprint density at radius 2 is 2.09 bits per heavy atom. The molecule has 1 saturated heterocycles. The van der Waals surface area contributed by atoms with Crippen LogP contribution in [0.15, 0.2) is 30.5 Å². The first-order valence-electron chi connectivity index (χ1n) is 8.07. The van der Waals surface area contributed by atoms with Gasteiger partial charge in [0.1, 0.15) is 0 Å². The van der Waals surface area contributed by atoms with Gasteiger partial charge in [-0.15, -0.1) is 0 Å². The Bertz CT molecular complexity index is 527. The molecule has 0 aromatic heterocycles. The number of aliphatic hydroxyl groups is 1. The highest BCUT2D eigenvalue weighted by Crippen LogP contribution is 2.32. The van der Waals surface area contributed by atoms with E-state index in [0.29, 0.717) is 12.5 Å². The molecule has 0 radical (unpaired) electrons. The van der Waals surface area contributed by atoms with E-state index in [0.717, 1.165) is 56.3 Å². The number of anilines is 2. The van der Waals surface area contributed by atoms with Gasteiger partial charge in [0.2, 0.25) is 0 Å². The summed E-state index contributed by atoms with van der Waals surface area (Å²) in [4.78, 5) is 4.52. The summed E-state index contributed by atoms with van der Waals surface area (Å²) >= 11 is 6.50. The number of hydrogen-bond donors (Lipinski definition) is 2. The lowest BCUT2D eigenvalue weighted by Gasteiger charge is -2.34. The molecule has 3 rings (SSSR count). The van der Waals surface area contributed by atoms with Crippen LogP contribution in [0.1, 0.15) is 19.3 Å². The molecule has 1 aromatic carbocycles. The number of nitrogens with one attached hydrogen (secondary N) is 1. The lowest BCUT2D eigenvalue weighted by Crippen LogP contribution is -2.35. The molecule has 4 nitrogen and oxygen atoms in total. The molecule has 22 heavy (non-hydrogen) atoms. The first-order chi connectivity index (χ1) is 10.8. The van der Waals surface area contributed by atoms with E-state index in [1.807, 2.05) is 0 Å². The van der Waals surface area contributed by atoms with Gasteiger partial charge in [-0.05, 0) is 43.4 Å². The molecular formula is C17H24ClN3O. The highest BCUT2D eigenvalue weighted by molar-refractivity contribution is 6.33. The fourth-order valence-electron chi connectivity index (χ4n) is 3.25. The Kier molecular flexibility index (Phi) is 5.24. The second kappa shape index (κ2) is 7.36. The molecule has 1 aromatic rings. The zero-order chi connectivity index (χ0) is 15.4. The molecule has 1 fully saturated rings. The molecule has 0 saturated carbocycles. The molecule has 0 amide bonds. The van der Waals surface area contributed by atoms with Crippen LogP contribution in [0.3, 0.4) is 0 Å². The topological polar surface area (TPSA) is 38.7 Å². The van der Waals surface area contributed by atoms with Gasteiger partial charge >= 0.3 is 0 Å². The summed E-state index contributed by atoms with van der Waals surface area (Å²) in [6, 6.07) is 6.34. The van der Waals surface area contributed by atoms with Crippen LogP contribution in [0.5, 0.6) is 0 Å². The predicted octanol–water partition coefficient (Wildman–Crippen LogP) is 2.82. The average Bonchev–Trinajstić information content (AvgIpc) is 2.56. The van der Waals surface area contributed by atoms with Crippen molar-refractivity contribution in [3.8, 4) is 0 Å². The van der Waals surface area contributed by atoms with E-state index in [1.165, 1.54) is 5.69 Å². The monoisotopic (exact) mass is 321 g/mol. The lowest BCUT2D eigenvalue weighted by molar-refractivity contribution is 0.240. The minimum absolute atomic E-state index is 0.308. The van der Waals surface area contributed by atoms with Crippen molar-refractivity contribution in [2.75, 3.05) is 42.7 Å². The number of halogens is 1. The Balaban J connectivity index is 1.67. The summed E-state index contributed by atoms with van der Waals surface area (Å²) in [5, 5.41) is 13.1. The number of benzene rings is 1. The van der Waals surface area contributed by atoms with E-state index in [9.17, 15) is 0 Å². The summed E-state index contributed by atoms with van der Waals surface area (Å²) < 4.78 is 0. The first-order valence-corrected chi connectivity index (χ1v) is 8.45. The number of aliphatic hydroxyl groups excluding tert-OH is 1. The molecule has 2 aliphatic heterocycles. The Morgan fingerprint density at radius 3 is 2.73 bits per heavy atom. The van der Waals surface area contributed by atoms with Gasteiger partial charge in [0, 0.05) is 38.1 Å². The predicted molar refractivity (Wildman–Crippen MR) is 92.6 cm³/mol. The van der Waals surface area contributed by atoms with Crippen molar-refractivity contribution < 1.29 is 5.11 Å². The third-order valence-electron chi connectivity index (χ3n) is 4.59. The number of hydrogen-bond acceptors (Lipinski definition) is 4. The Labute approximate surface area is 137 Å². The molecule has 120 valence electrons. The molecule has 2 heterocycles. The van der Waals surface area contributed by atoms with Crippen LogP contribution in [-0.4, -0.2) is 38.0 Å². The fourth-order valence-corrected chi connectivity index (χ4v) is 3.54. The van der Waals surface area contributed by atoms with Gasteiger partial charge in [-0.25, -0.2) is 0 Å². The van der Waals surface area contributed by atoms with Gasteiger partial charge < -0.3 is 14.9 Å². The second-order valence-corrected chi connectivity index (χ2v) is 6.45. The minimum atomic E-state index is 0.308. The smallest absolute Gasteiger partial charge is 0.0728 e. The summed E-state index contributed by atoms with van der Waals surface area (Å²) in [7, 11) is 0. The SMILES string of the molecule is OCCC1CCN(c2ccc(N3C=CCNC3)c(Cl)c2)CC1. The lowest BCUT2D eigenvalue weighted by atomic mass is 9.93. The van der Waals surface area contributed by atoms with Gasteiger partial charge in [0.15, 0.2) is 0 Å². The zero-order valence-corrected chi connectivity index (χ0v) is 13.6. The van der Waals surface area contributed by atoms with Gasteiger partial charge in [-0.3, -0.25) is 5.32 Å². The van der Waals surface area contributed by atoms with Gasteiger partial charge in [0.25, 0.3) is 0 Å². The van der Waals surface area contributed by atoms with Crippen LogP contribution in [0.25, 0.3) is 0 Å². The van der Waals surface area contributed by atoms with Crippen LogP contribution < -0.4 is 15.1 Å². The van der Waals surface area contributed by atoms with Crippen molar-refractivity contribution in [3.05, 3.63) is 35.5 Å². The first kappa shape index (κ1) is 15.7. The van der Waals surface area contributed by atoms with Gasteiger partial charge in [-0.2, -0.15) is 0 Å². The standard InChI is InChI=1S/C17H24ClN3O/c18-16-12-15(20-9-4-14(5-10-20)6-11-22)2-3-17(16)21-8-1-7-19-13-21/h1-3,8,12,14,19,22H,4-7,9-11,13H2. The summed E-state index contributed by atoms with van der Waals surface area (Å²) in [5.74, 6) is 0.667. The molecule has 0 unspecified atom stereocenters. The maximum absolute atomic E-state index is 9.05. The number of nitrogens with zero attached hydrogens (tertiary/aromatic N) is 2. The van der Waals surface area contributed by atoms with Crippen molar-refractivity contribution >= 4 is 23.0 Å². The fraction of sp³-hybridized carbons (Fsp3) is 0.529. The van der Waals surface area contributed by atoms with Gasteiger partial charge in [-0.1, -0.05) is 17.7 Å². The maximum atomic E-state index is 9.05. The molecule has 2 N–H and O–H groups in total. The van der Waals surface area contributed by atoms with Crippen molar-refractivity contribution in [3.63, 3.8) is 0 Å². The highest BCUT2D eigenvalue weighted by atomic mass is 35.5. The second-order valence-electron chi connectivity index (χ2n) is 6.05.